The van der Waals surface area contributed by atoms with Crippen LogP contribution in [-0.2, 0) is 0 Å². The Kier molecular flexibility index (Phi) is 3.17. The van der Waals surface area contributed by atoms with Gasteiger partial charge in [0.1, 0.15) is 11.9 Å². The van der Waals surface area contributed by atoms with Crippen LogP contribution in [0.1, 0.15) is 22.8 Å². The lowest BCUT2D eigenvalue weighted by atomic mass is 9.95. The number of fused-ring (bicyclic) bond motifs is 1. The third-order valence-corrected chi connectivity index (χ3v) is 3.55. The maximum absolute atomic E-state index is 10.6. The van der Waals surface area contributed by atoms with Crippen molar-refractivity contribution < 1.29 is 10.2 Å². The van der Waals surface area contributed by atoms with E-state index in [4.69, 9.17) is 0 Å². The van der Waals surface area contributed by atoms with Crippen molar-refractivity contribution in [1.82, 2.24) is 0 Å². The molecule has 0 aliphatic heterocycles. The van der Waals surface area contributed by atoms with E-state index >= 15 is 0 Å². The lowest BCUT2D eigenvalue weighted by molar-refractivity contribution is 0.222. The fourth-order valence-corrected chi connectivity index (χ4v) is 2.54. The standard InChI is InChI=1S/C18H16O2/c1-12-4-2-6-14(10-12)18(20)16-7-3-5-13-8-9-15(19)11-17(13)16/h2-11,18-20H,1H3. The highest BCUT2D eigenvalue weighted by Gasteiger charge is 2.13. The van der Waals surface area contributed by atoms with E-state index in [2.05, 4.69) is 0 Å². The SMILES string of the molecule is Cc1cccc(C(O)c2cccc3ccc(O)cc23)c1. The van der Waals surface area contributed by atoms with Crippen molar-refractivity contribution >= 4 is 10.8 Å². The molecule has 3 aromatic rings. The van der Waals surface area contributed by atoms with E-state index in [9.17, 15) is 10.2 Å². The zero-order valence-corrected chi connectivity index (χ0v) is 11.2. The zero-order valence-electron chi connectivity index (χ0n) is 11.2. The summed E-state index contributed by atoms with van der Waals surface area (Å²) in [5, 5.41) is 22.2. The average molecular weight is 264 g/mol. The van der Waals surface area contributed by atoms with E-state index in [0.717, 1.165) is 27.5 Å². The molecule has 3 rings (SSSR count). The second-order valence-corrected chi connectivity index (χ2v) is 5.07. The molecule has 2 N–H and O–H groups in total. The smallest absolute Gasteiger partial charge is 0.116 e. The number of aryl methyl sites for hydroxylation is 1. The Morgan fingerprint density at radius 3 is 2.50 bits per heavy atom. The van der Waals surface area contributed by atoms with E-state index < -0.39 is 6.10 Å². The Labute approximate surface area is 117 Å². The number of rotatable bonds is 2. The number of hydrogen-bond acceptors (Lipinski definition) is 2. The lowest BCUT2D eigenvalue weighted by Gasteiger charge is -2.15. The van der Waals surface area contributed by atoms with E-state index in [1.54, 1.807) is 12.1 Å². The number of aliphatic hydroxyl groups is 1. The first-order valence-corrected chi connectivity index (χ1v) is 6.61. The Morgan fingerprint density at radius 1 is 0.900 bits per heavy atom. The predicted octanol–water partition coefficient (Wildman–Crippen LogP) is 3.94. The largest absolute Gasteiger partial charge is 0.508 e. The average Bonchev–Trinajstić information content (AvgIpc) is 2.46. The maximum atomic E-state index is 10.6. The van der Waals surface area contributed by atoms with Gasteiger partial charge in [-0.3, -0.25) is 0 Å². The van der Waals surface area contributed by atoms with Gasteiger partial charge in [0.25, 0.3) is 0 Å². The van der Waals surface area contributed by atoms with Crippen molar-refractivity contribution in [2.24, 2.45) is 0 Å². The Hall–Kier alpha value is -2.32. The highest BCUT2D eigenvalue weighted by atomic mass is 16.3. The number of phenolic OH excluding ortho intramolecular Hbond substituents is 1. The molecule has 0 bridgehead atoms. The summed E-state index contributed by atoms with van der Waals surface area (Å²) >= 11 is 0. The van der Waals surface area contributed by atoms with Crippen LogP contribution in [0.3, 0.4) is 0 Å². The number of aliphatic hydroxyl groups excluding tert-OH is 1. The minimum Gasteiger partial charge on any atom is -0.508 e. The topological polar surface area (TPSA) is 40.5 Å². The summed E-state index contributed by atoms with van der Waals surface area (Å²) in [6, 6.07) is 18.9. The molecule has 2 nitrogen and oxygen atoms in total. The van der Waals surface area contributed by atoms with Crippen molar-refractivity contribution in [2.45, 2.75) is 13.0 Å². The number of benzene rings is 3. The molecule has 1 unspecified atom stereocenters. The molecule has 20 heavy (non-hydrogen) atoms. The normalized spacial score (nSPS) is 12.5. The second-order valence-electron chi connectivity index (χ2n) is 5.07. The van der Waals surface area contributed by atoms with Crippen molar-refractivity contribution in [1.29, 1.82) is 0 Å². The summed E-state index contributed by atoms with van der Waals surface area (Å²) in [4.78, 5) is 0. The third-order valence-electron chi connectivity index (χ3n) is 3.55. The molecule has 0 aromatic heterocycles. The molecular formula is C18H16O2. The lowest BCUT2D eigenvalue weighted by Crippen LogP contribution is -2.00. The molecule has 0 spiro atoms. The maximum Gasteiger partial charge on any atom is 0.116 e. The summed E-state index contributed by atoms with van der Waals surface area (Å²) < 4.78 is 0. The molecule has 0 saturated heterocycles. The molecule has 0 aliphatic rings. The first-order chi connectivity index (χ1) is 9.65. The van der Waals surface area contributed by atoms with Gasteiger partial charge in [0.05, 0.1) is 0 Å². The summed E-state index contributed by atoms with van der Waals surface area (Å²) in [5.74, 6) is 0.210. The highest BCUT2D eigenvalue weighted by molar-refractivity contribution is 5.87. The molecule has 0 aliphatic carbocycles. The first kappa shape index (κ1) is 12.7. The molecule has 2 heteroatoms. The van der Waals surface area contributed by atoms with Crippen LogP contribution >= 0.6 is 0 Å². The monoisotopic (exact) mass is 264 g/mol. The molecule has 100 valence electrons. The van der Waals surface area contributed by atoms with Crippen LogP contribution in [0.5, 0.6) is 5.75 Å². The fraction of sp³-hybridized carbons (Fsp3) is 0.111. The van der Waals surface area contributed by atoms with Gasteiger partial charge in [-0.25, -0.2) is 0 Å². The van der Waals surface area contributed by atoms with Crippen molar-refractivity contribution in [3.8, 4) is 5.75 Å². The Morgan fingerprint density at radius 2 is 1.70 bits per heavy atom. The predicted molar refractivity (Wildman–Crippen MR) is 80.9 cm³/mol. The van der Waals surface area contributed by atoms with Crippen LogP contribution < -0.4 is 0 Å². The Balaban J connectivity index is 2.16. The van der Waals surface area contributed by atoms with Gasteiger partial charge in [0.15, 0.2) is 0 Å². The van der Waals surface area contributed by atoms with Gasteiger partial charge in [-0.2, -0.15) is 0 Å². The third kappa shape index (κ3) is 2.26. The van der Waals surface area contributed by atoms with E-state index in [0.29, 0.717) is 0 Å². The first-order valence-electron chi connectivity index (χ1n) is 6.61. The second kappa shape index (κ2) is 4.99. The molecule has 1 atom stereocenters. The van der Waals surface area contributed by atoms with Gasteiger partial charge < -0.3 is 10.2 Å². The van der Waals surface area contributed by atoms with Crippen LogP contribution in [-0.4, -0.2) is 10.2 Å². The van der Waals surface area contributed by atoms with Crippen molar-refractivity contribution in [2.75, 3.05) is 0 Å². The number of phenols is 1. The van der Waals surface area contributed by atoms with Gasteiger partial charge >= 0.3 is 0 Å². The minimum absolute atomic E-state index is 0.210. The summed E-state index contributed by atoms with van der Waals surface area (Å²) in [7, 11) is 0. The summed E-state index contributed by atoms with van der Waals surface area (Å²) in [5.41, 5.74) is 2.79. The van der Waals surface area contributed by atoms with Gasteiger partial charge in [-0.1, -0.05) is 54.1 Å². The van der Waals surface area contributed by atoms with Crippen LogP contribution in [0.15, 0.2) is 60.7 Å². The number of hydrogen-bond donors (Lipinski definition) is 2. The van der Waals surface area contributed by atoms with Crippen molar-refractivity contribution in [3.63, 3.8) is 0 Å². The molecule has 0 radical (unpaired) electrons. The van der Waals surface area contributed by atoms with Crippen LogP contribution in [0.4, 0.5) is 0 Å². The molecule has 0 amide bonds. The van der Waals surface area contributed by atoms with Crippen LogP contribution in [0.2, 0.25) is 0 Å². The number of aromatic hydroxyl groups is 1. The minimum atomic E-state index is -0.694. The van der Waals surface area contributed by atoms with Crippen molar-refractivity contribution in [3.05, 3.63) is 77.4 Å². The van der Waals surface area contributed by atoms with E-state index in [-0.39, 0.29) is 5.75 Å². The van der Waals surface area contributed by atoms with Gasteiger partial charge in [-0.15, -0.1) is 0 Å². The van der Waals surface area contributed by atoms with Crippen LogP contribution in [0.25, 0.3) is 10.8 Å². The molecular weight excluding hydrogens is 248 g/mol. The quantitative estimate of drug-likeness (QED) is 0.736. The summed E-state index contributed by atoms with van der Waals surface area (Å²) in [6.07, 6.45) is -0.694. The van der Waals surface area contributed by atoms with E-state index in [1.807, 2.05) is 55.5 Å². The zero-order chi connectivity index (χ0) is 14.1. The van der Waals surface area contributed by atoms with Gasteiger partial charge in [0.2, 0.25) is 0 Å². The fourth-order valence-electron chi connectivity index (χ4n) is 2.54. The summed E-state index contributed by atoms with van der Waals surface area (Å²) in [6.45, 7) is 2.01. The van der Waals surface area contributed by atoms with Crippen LogP contribution in [0, 0.1) is 6.92 Å². The van der Waals surface area contributed by atoms with Gasteiger partial charge in [0, 0.05) is 0 Å². The molecule has 3 aromatic carbocycles. The molecule has 0 saturated carbocycles. The highest BCUT2D eigenvalue weighted by Crippen LogP contribution is 2.31. The Bertz CT molecular complexity index is 762. The molecule has 0 heterocycles. The van der Waals surface area contributed by atoms with Gasteiger partial charge in [-0.05, 0) is 41.0 Å². The molecule has 0 fully saturated rings. The van der Waals surface area contributed by atoms with E-state index in [1.165, 1.54) is 0 Å².